The highest BCUT2D eigenvalue weighted by atomic mass is 16.6. The number of allylic oxidation sites excluding steroid dienone is 1. The summed E-state index contributed by atoms with van der Waals surface area (Å²) in [6.45, 7) is 9.62. The molecule has 2 atom stereocenters. The van der Waals surface area contributed by atoms with Crippen LogP contribution in [-0.4, -0.2) is 45.1 Å². The van der Waals surface area contributed by atoms with Crippen molar-refractivity contribution in [3.8, 4) is 0 Å². The van der Waals surface area contributed by atoms with Crippen molar-refractivity contribution in [2.45, 2.75) is 130 Å². The largest absolute Gasteiger partial charge is 0.468 e. The number of unbranched alkanes of at least 4 members (excludes halogenated alkanes) is 12. The second-order valence-electron chi connectivity index (χ2n) is 11.9. The van der Waals surface area contributed by atoms with Crippen molar-refractivity contribution in [2.24, 2.45) is 10.9 Å². The van der Waals surface area contributed by atoms with Crippen LogP contribution in [0.2, 0.25) is 0 Å². The summed E-state index contributed by atoms with van der Waals surface area (Å²) in [7, 11) is 1.59. The summed E-state index contributed by atoms with van der Waals surface area (Å²) in [5.41, 5.74) is 5.90. The predicted molar refractivity (Wildman–Crippen MR) is 172 cm³/mol. The highest BCUT2D eigenvalue weighted by molar-refractivity contribution is 5.97. The molecule has 2 rings (SSSR count). The van der Waals surface area contributed by atoms with Crippen LogP contribution in [-0.2, 0) is 30.2 Å². The van der Waals surface area contributed by atoms with Crippen LogP contribution >= 0.6 is 0 Å². The summed E-state index contributed by atoms with van der Waals surface area (Å²) in [6, 6.07) is 6.47. The van der Waals surface area contributed by atoms with Crippen molar-refractivity contribution in [1.29, 1.82) is 0 Å². The van der Waals surface area contributed by atoms with Gasteiger partial charge in [0.25, 0.3) is 6.47 Å². The zero-order valence-electron chi connectivity index (χ0n) is 27.2. The van der Waals surface area contributed by atoms with Crippen molar-refractivity contribution in [2.75, 3.05) is 26.9 Å². The predicted octanol–water partition coefficient (Wildman–Crippen LogP) is 8.83. The van der Waals surface area contributed by atoms with Crippen molar-refractivity contribution in [1.82, 2.24) is 0 Å². The maximum atomic E-state index is 13.5. The number of rotatable bonds is 23. The van der Waals surface area contributed by atoms with Gasteiger partial charge in [-0.2, -0.15) is 0 Å². The number of ether oxygens (including phenoxy) is 3. The first-order valence-electron chi connectivity index (χ1n) is 16.5. The third-order valence-electron chi connectivity index (χ3n) is 8.61. The van der Waals surface area contributed by atoms with Gasteiger partial charge in [0.15, 0.2) is 0 Å². The first-order chi connectivity index (χ1) is 20.5. The molecule has 0 spiro atoms. The lowest BCUT2D eigenvalue weighted by atomic mass is 9.71. The summed E-state index contributed by atoms with van der Waals surface area (Å²) in [5, 5.41) is 0. The van der Waals surface area contributed by atoms with Crippen molar-refractivity contribution in [3.63, 3.8) is 0 Å². The number of aryl methyl sites for hydroxylation is 2. The van der Waals surface area contributed by atoms with Gasteiger partial charge in [0.1, 0.15) is 6.61 Å². The lowest BCUT2D eigenvalue weighted by molar-refractivity contribution is -0.141. The molecule has 0 fully saturated rings. The first kappa shape index (κ1) is 35.7. The first-order valence-corrected chi connectivity index (χ1v) is 16.5. The highest BCUT2D eigenvalue weighted by Crippen LogP contribution is 2.43. The Labute approximate surface area is 255 Å². The Kier molecular flexibility index (Phi) is 18.1. The molecule has 0 saturated carbocycles. The number of carbonyl (C=O) groups is 2. The van der Waals surface area contributed by atoms with Gasteiger partial charge in [0.05, 0.1) is 18.8 Å². The number of benzene rings is 1. The Hall–Kier alpha value is -2.47. The summed E-state index contributed by atoms with van der Waals surface area (Å²) < 4.78 is 15.8. The molecular formula is C36H57NO5. The normalized spacial score (nSPS) is 16.8. The van der Waals surface area contributed by atoms with Gasteiger partial charge in [-0.05, 0) is 56.7 Å². The second kappa shape index (κ2) is 21.3. The number of hydrogen-bond acceptors (Lipinski definition) is 6. The highest BCUT2D eigenvalue weighted by Gasteiger charge is 2.39. The number of methoxy groups -OCH3 is 1. The van der Waals surface area contributed by atoms with E-state index in [0.29, 0.717) is 30.8 Å². The standard InChI is InChI=1S/C36H57NO5/c1-6-7-8-9-10-11-12-13-14-15-16-17-18-21-31-22-19-20-28(2)33(31)35-32(23-24-41-27-38)29(3)37-30(4)34(35)36(39)42-26-25-40-5/h19-20,22,27,32,35H,6-18,21,23-26H2,1-5H3. The minimum atomic E-state index is -0.345. The summed E-state index contributed by atoms with van der Waals surface area (Å²) >= 11 is 0. The number of nitrogens with zero attached hydrogens (tertiary/aromatic N) is 1. The molecule has 6 heteroatoms. The van der Waals surface area contributed by atoms with Crippen LogP contribution in [0.4, 0.5) is 0 Å². The van der Waals surface area contributed by atoms with E-state index >= 15 is 0 Å². The SMILES string of the molecule is CCCCCCCCCCCCCCCc1cccc(C)c1C1C(C(=O)OCCOC)=C(C)N=C(C)C1CCOC=O. The van der Waals surface area contributed by atoms with Crippen LogP contribution in [0.15, 0.2) is 34.5 Å². The minimum absolute atomic E-state index is 0.0647. The van der Waals surface area contributed by atoms with Gasteiger partial charge in [0.2, 0.25) is 0 Å². The van der Waals surface area contributed by atoms with Gasteiger partial charge in [-0.15, -0.1) is 0 Å². The fourth-order valence-electron chi connectivity index (χ4n) is 6.35. The van der Waals surface area contributed by atoms with Crippen LogP contribution in [0, 0.1) is 12.8 Å². The number of esters is 1. The van der Waals surface area contributed by atoms with E-state index in [-0.39, 0.29) is 31.0 Å². The number of carbonyl (C=O) groups excluding carboxylic acids is 2. The molecule has 42 heavy (non-hydrogen) atoms. The fraction of sp³-hybridized carbons (Fsp3) is 0.694. The Morgan fingerprint density at radius 2 is 1.48 bits per heavy atom. The lowest BCUT2D eigenvalue weighted by Crippen LogP contribution is -2.32. The van der Waals surface area contributed by atoms with Crippen LogP contribution in [0.5, 0.6) is 0 Å². The molecule has 6 nitrogen and oxygen atoms in total. The molecular weight excluding hydrogens is 526 g/mol. The molecule has 1 aromatic rings. The zero-order chi connectivity index (χ0) is 30.6. The maximum Gasteiger partial charge on any atom is 0.336 e. The summed E-state index contributed by atoms with van der Waals surface area (Å²) in [5.74, 6) is -0.613. The van der Waals surface area contributed by atoms with Gasteiger partial charge in [-0.1, -0.05) is 102 Å². The molecule has 0 amide bonds. The second-order valence-corrected chi connectivity index (χ2v) is 11.9. The van der Waals surface area contributed by atoms with Gasteiger partial charge < -0.3 is 14.2 Å². The maximum absolute atomic E-state index is 13.5. The smallest absolute Gasteiger partial charge is 0.336 e. The van der Waals surface area contributed by atoms with Crippen molar-refractivity contribution >= 4 is 18.2 Å². The van der Waals surface area contributed by atoms with E-state index < -0.39 is 0 Å². The number of hydrogen-bond donors (Lipinski definition) is 0. The molecule has 0 bridgehead atoms. The molecule has 0 aromatic heterocycles. The van der Waals surface area contributed by atoms with E-state index in [1.54, 1.807) is 7.11 Å². The third kappa shape index (κ3) is 12.0. The average molecular weight is 584 g/mol. The van der Waals surface area contributed by atoms with Crippen molar-refractivity contribution in [3.05, 3.63) is 46.2 Å². The van der Waals surface area contributed by atoms with E-state index in [0.717, 1.165) is 24.1 Å². The monoisotopic (exact) mass is 583 g/mol. The Bertz CT molecular complexity index is 999. The summed E-state index contributed by atoms with van der Waals surface area (Å²) in [4.78, 5) is 29.1. The molecule has 1 aromatic carbocycles. The molecule has 1 aliphatic rings. The molecule has 236 valence electrons. The third-order valence-corrected chi connectivity index (χ3v) is 8.61. The van der Waals surface area contributed by atoms with Gasteiger partial charge in [-0.25, -0.2) is 4.79 Å². The van der Waals surface area contributed by atoms with Crippen LogP contribution in [0.1, 0.15) is 133 Å². The molecule has 1 heterocycles. The topological polar surface area (TPSA) is 74.2 Å². The zero-order valence-corrected chi connectivity index (χ0v) is 27.2. The Morgan fingerprint density at radius 3 is 2.07 bits per heavy atom. The molecule has 0 saturated heterocycles. The van der Waals surface area contributed by atoms with E-state index in [1.807, 2.05) is 13.8 Å². The number of aliphatic imine (C=N–C) groups is 1. The van der Waals surface area contributed by atoms with Crippen LogP contribution in [0.3, 0.4) is 0 Å². The molecule has 0 aliphatic carbocycles. The molecule has 2 unspecified atom stereocenters. The van der Waals surface area contributed by atoms with E-state index in [9.17, 15) is 9.59 Å². The molecule has 0 radical (unpaired) electrons. The quantitative estimate of drug-likeness (QED) is 0.0731. The van der Waals surface area contributed by atoms with Gasteiger partial charge >= 0.3 is 5.97 Å². The minimum Gasteiger partial charge on any atom is -0.468 e. The van der Waals surface area contributed by atoms with E-state index in [4.69, 9.17) is 19.2 Å². The van der Waals surface area contributed by atoms with Gasteiger partial charge in [-0.3, -0.25) is 9.79 Å². The fourth-order valence-corrected chi connectivity index (χ4v) is 6.35. The van der Waals surface area contributed by atoms with E-state index in [2.05, 4.69) is 32.0 Å². The molecule has 0 N–H and O–H groups in total. The average Bonchev–Trinajstić information content (AvgIpc) is 2.96. The Morgan fingerprint density at radius 1 is 0.857 bits per heavy atom. The van der Waals surface area contributed by atoms with Crippen LogP contribution < -0.4 is 0 Å². The lowest BCUT2D eigenvalue weighted by Gasteiger charge is -2.35. The molecule has 1 aliphatic heterocycles. The van der Waals surface area contributed by atoms with Crippen LogP contribution in [0.25, 0.3) is 0 Å². The van der Waals surface area contributed by atoms with Gasteiger partial charge in [0, 0.05) is 30.4 Å². The Balaban J connectivity index is 2.07. The van der Waals surface area contributed by atoms with Crippen molar-refractivity contribution < 1.29 is 23.8 Å². The summed E-state index contributed by atoms with van der Waals surface area (Å²) in [6.07, 6.45) is 18.9. The van der Waals surface area contributed by atoms with E-state index in [1.165, 1.54) is 88.2 Å².